The molecule has 5 rings (SSSR count). The second-order valence-electron chi connectivity index (χ2n) is 6.30. The number of anilines is 1. The van der Waals surface area contributed by atoms with Gasteiger partial charge >= 0.3 is 5.63 Å². The fourth-order valence-electron chi connectivity index (χ4n) is 3.13. The average Bonchev–Trinajstić information content (AvgIpc) is 3.36. The Bertz CT molecular complexity index is 1440. The summed E-state index contributed by atoms with van der Waals surface area (Å²) in [4.78, 5) is 31.0. The molecule has 0 fully saturated rings. The maximum absolute atomic E-state index is 13.0. The van der Waals surface area contributed by atoms with Gasteiger partial charge in [0.05, 0.1) is 4.88 Å². The summed E-state index contributed by atoms with van der Waals surface area (Å²) in [6, 6.07) is 16.2. The third-order valence-electron chi connectivity index (χ3n) is 4.46. The molecule has 0 saturated carbocycles. The molecule has 4 aromatic heterocycles. The highest BCUT2D eigenvalue weighted by Gasteiger charge is 2.20. The maximum atomic E-state index is 13.0. The van der Waals surface area contributed by atoms with Crippen molar-refractivity contribution in [2.24, 2.45) is 0 Å². The van der Waals surface area contributed by atoms with Crippen LogP contribution in [0.2, 0.25) is 0 Å². The van der Waals surface area contributed by atoms with E-state index in [9.17, 15) is 9.59 Å². The van der Waals surface area contributed by atoms with Crippen molar-refractivity contribution < 1.29 is 9.21 Å². The van der Waals surface area contributed by atoms with Gasteiger partial charge in [-0.05, 0) is 47.8 Å². The van der Waals surface area contributed by atoms with Gasteiger partial charge in [-0.3, -0.25) is 9.20 Å². The van der Waals surface area contributed by atoms with Crippen molar-refractivity contribution in [2.75, 3.05) is 5.32 Å². The van der Waals surface area contributed by atoms with Crippen LogP contribution in [0.4, 0.5) is 5.82 Å². The molecule has 0 radical (unpaired) electrons. The quantitative estimate of drug-likeness (QED) is 0.372. The van der Waals surface area contributed by atoms with Crippen LogP contribution in [0, 0.1) is 0 Å². The molecule has 0 aliphatic carbocycles. The summed E-state index contributed by atoms with van der Waals surface area (Å²) < 4.78 is 7.93. The molecule has 0 unspecified atom stereocenters. The van der Waals surface area contributed by atoms with Crippen LogP contribution in [0.1, 0.15) is 10.4 Å². The number of hydrogen-bond donors (Lipinski definition) is 1. The zero-order valence-corrected chi connectivity index (χ0v) is 17.2. The van der Waals surface area contributed by atoms with E-state index in [1.165, 1.54) is 17.4 Å². The fraction of sp³-hybridized carbons (Fsp3) is 0. The monoisotopic (exact) mass is 465 g/mol. The summed E-state index contributed by atoms with van der Waals surface area (Å²) in [7, 11) is 0. The smallest absolute Gasteiger partial charge is 0.349 e. The Morgan fingerprint density at radius 2 is 2.03 bits per heavy atom. The van der Waals surface area contributed by atoms with Crippen LogP contribution in [-0.4, -0.2) is 15.3 Å². The topological polar surface area (TPSA) is 76.6 Å². The highest BCUT2D eigenvalue weighted by atomic mass is 79.9. The lowest BCUT2D eigenvalue weighted by Crippen LogP contribution is -2.21. The molecule has 0 spiro atoms. The molecule has 1 N–H and O–H groups in total. The number of nitrogens with zero attached hydrogens (tertiary/aromatic N) is 2. The van der Waals surface area contributed by atoms with Crippen molar-refractivity contribution >= 4 is 55.6 Å². The van der Waals surface area contributed by atoms with E-state index in [1.54, 1.807) is 22.6 Å². The van der Waals surface area contributed by atoms with Crippen molar-refractivity contribution in [3.63, 3.8) is 0 Å². The van der Waals surface area contributed by atoms with Crippen molar-refractivity contribution in [1.82, 2.24) is 9.38 Å². The molecule has 29 heavy (non-hydrogen) atoms. The predicted octanol–water partition coefficient (Wildman–Crippen LogP) is 5.18. The van der Waals surface area contributed by atoms with Crippen LogP contribution in [0.5, 0.6) is 0 Å². The average molecular weight is 466 g/mol. The number of aromatic nitrogens is 2. The Labute approximate surface area is 176 Å². The summed E-state index contributed by atoms with van der Waals surface area (Å²) in [5.74, 6) is -0.0501. The Morgan fingerprint density at radius 1 is 1.14 bits per heavy atom. The number of thiophene rings is 1. The highest BCUT2D eigenvalue weighted by Crippen LogP contribution is 2.32. The van der Waals surface area contributed by atoms with Crippen molar-refractivity contribution in [2.45, 2.75) is 0 Å². The van der Waals surface area contributed by atoms with Gasteiger partial charge in [0.1, 0.15) is 28.3 Å². The third-order valence-corrected chi connectivity index (χ3v) is 5.83. The van der Waals surface area contributed by atoms with Gasteiger partial charge in [-0.2, -0.15) is 0 Å². The second kappa shape index (κ2) is 6.98. The summed E-state index contributed by atoms with van der Waals surface area (Å²) >= 11 is 4.91. The minimum atomic E-state index is -0.691. The van der Waals surface area contributed by atoms with E-state index in [4.69, 9.17) is 4.42 Å². The summed E-state index contributed by atoms with van der Waals surface area (Å²) in [6.45, 7) is 0. The van der Waals surface area contributed by atoms with E-state index in [0.717, 1.165) is 9.35 Å². The van der Waals surface area contributed by atoms with Gasteiger partial charge in [-0.1, -0.05) is 28.1 Å². The summed E-state index contributed by atoms with van der Waals surface area (Å²) in [5.41, 5.74) is 0.999. The molecule has 1 aromatic carbocycles. The molecule has 4 heterocycles. The molecule has 0 aliphatic heterocycles. The molecular weight excluding hydrogens is 454 g/mol. The van der Waals surface area contributed by atoms with E-state index in [-0.39, 0.29) is 5.56 Å². The van der Waals surface area contributed by atoms with E-state index >= 15 is 0 Å². The van der Waals surface area contributed by atoms with Crippen molar-refractivity contribution in [3.05, 3.63) is 86.6 Å². The van der Waals surface area contributed by atoms with Crippen LogP contribution in [0.3, 0.4) is 0 Å². The largest absolute Gasteiger partial charge is 0.422 e. The van der Waals surface area contributed by atoms with Gasteiger partial charge in [0.2, 0.25) is 0 Å². The van der Waals surface area contributed by atoms with Gasteiger partial charge in [0.25, 0.3) is 5.91 Å². The lowest BCUT2D eigenvalue weighted by molar-refractivity contribution is 0.102. The predicted molar refractivity (Wildman–Crippen MR) is 117 cm³/mol. The first-order chi connectivity index (χ1) is 14.1. The zero-order valence-electron chi connectivity index (χ0n) is 14.8. The molecule has 0 saturated heterocycles. The Morgan fingerprint density at radius 3 is 2.86 bits per heavy atom. The molecule has 142 valence electrons. The Kier molecular flexibility index (Phi) is 4.30. The lowest BCUT2D eigenvalue weighted by atomic mass is 10.2. The van der Waals surface area contributed by atoms with Gasteiger partial charge in [-0.15, -0.1) is 11.3 Å². The van der Waals surface area contributed by atoms with Crippen LogP contribution < -0.4 is 10.9 Å². The number of hydrogen-bond acceptors (Lipinski definition) is 5. The molecule has 0 aliphatic rings. The van der Waals surface area contributed by atoms with Crippen molar-refractivity contribution in [3.8, 4) is 10.6 Å². The van der Waals surface area contributed by atoms with Crippen LogP contribution in [-0.2, 0) is 0 Å². The number of pyridine rings is 1. The first-order valence-electron chi connectivity index (χ1n) is 8.66. The molecule has 1 amide bonds. The van der Waals surface area contributed by atoms with Gasteiger partial charge in [0, 0.05) is 16.1 Å². The van der Waals surface area contributed by atoms with E-state index < -0.39 is 11.5 Å². The van der Waals surface area contributed by atoms with Gasteiger partial charge < -0.3 is 9.73 Å². The number of carbonyl (C=O) groups is 1. The summed E-state index contributed by atoms with van der Waals surface area (Å²) in [6.07, 6.45) is 1.81. The minimum Gasteiger partial charge on any atom is -0.422 e. The number of rotatable bonds is 3. The number of benzene rings is 1. The Hall–Kier alpha value is -3.23. The third kappa shape index (κ3) is 3.16. The van der Waals surface area contributed by atoms with Crippen molar-refractivity contribution in [1.29, 1.82) is 0 Å². The van der Waals surface area contributed by atoms with E-state index in [2.05, 4.69) is 26.2 Å². The highest BCUT2D eigenvalue weighted by molar-refractivity contribution is 9.10. The number of halogens is 1. The second-order valence-corrected chi connectivity index (χ2v) is 8.16. The van der Waals surface area contributed by atoms with E-state index in [1.807, 2.05) is 41.9 Å². The molecule has 5 aromatic rings. The SMILES string of the molecule is O=C(Nc1c(-c2cccs2)nc2ccccn12)c1cc2cc(Br)ccc2oc1=O. The van der Waals surface area contributed by atoms with E-state index in [0.29, 0.717) is 28.1 Å². The molecule has 0 atom stereocenters. The fourth-order valence-corrected chi connectivity index (χ4v) is 4.22. The first-order valence-corrected chi connectivity index (χ1v) is 10.3. The number of carbonyl (C=O) groups excluding carboxylic acids is 1. The van der Waals surface area contributed by atoms with Crippen LogP contribution in [0.25, 0.3) is 27.2 Å². The minimum absolute atomic E-state index is 0.0707. The number of nitrogens with one attached hydrogen (secondary N) is 1. The maximum Gasteiger partial charge on any atom is 0.349 e. The van der Waals surface area contributed by atoms with Crippen LogP contribution in [0.15, 0.2) is 79.9 Å². The summed E-state index contributed by atoms with van der Waals surface area (Å²) in [5, 5.41) is 5.45. The Balaban J connectivity index is 1.62. The normalized spacial score (nSPS) is 11.2. The molecule has 6 nitrogen and oxygen atoms in total. The standard InChI is InChI=1S/C21H12BrN3O3S/c22-13-6-7-15-12(10-13)11-14(21(27)28-15)20(26)24-19-18(16-4-3-9-29-16)23-17-5-1-2-8-25(17)19/h1-11H,(H,24,26). The molecule has 8 heteroatoms. The first kappa shape index (κ1) is 17.8. The number of amides is 1. The molecular formula is C21H12BrN3O3S. The number of imidazole rings is 1. The van der Waals surface area contributed by atoms with Gasteiger partial charge in [0.15, 0.2) is 0 Å². The number of fused-ring (bicyclic) bond motifs is 2. The zero-order chi connectivity index (χ0) is 20.0. The molecule has 0 bridgehead atoms. The van der Waals surface area contributed by atoms with Gasteiger partial charge in [-0.25, -0.2) is 9.78 Å². The van der Waals surface area contributed by atoms with Crippen LogP contribution >= 0.6 is 27.3 Å². The lowest BCUT2D eigenvalue weighted by Gasteiger charge is -2.07.